The van der Waals surface area contributed by atoms with Crippen LogP contribution in [0.1, 0.15) is 24.3 Å². The molecule has 1 heterocycles. The number of nitroso groups, excluding NO2 is 1. The molecule has 0 radical (unpaired) electrons. The normalized spacial score (nSPS) is 23.2. The van der Waals surface area contributed by atoms with Crippen LogP contribution in [0.5, 0.6) is 0 Å². The molecule has 86 valence electrons. The van der Waals surface area contributed by atoms with Gasteiger partial charge in [-0.15, -0.1) is 16.2 Å². The molecule has 2 rings (SSSR count). The second-order valence-corrected chi connectivity index (χ2v) is 6.27. The first-order valence-electron chi connectivity index (χ1n) is 4.54. The van der Waals surface area contributed by atoms with E-state index >= 15 is 0 Å². The van der Waals surface area contributed by atoms with Crippen LogP contribution >= 0.6 is 46.1 Å². The van der Waals surface area contributed by atoms with E-state index in [0.717, 1.165) is 12.0 Å². The molecular weight excluding hydrogens is 293 g/mol. The van der Waals surface area contributed by atoms with Crippen molar-refractivity contribution in [1.29, 1.82) is 0 Å². The molecule has 2 atom stereocenters. The molecule has 3 nitrogen and oxygen atoms in total. The van der Waals surface area contributed by atoms with Gasteiger partial charge in [0.25, 0.3) is 5.91 Å². The van der Waals surface area contributed by atoms with Crippen molar-refractivity contribution >= 4 is 52.0 Å². The molecule has 0 saturated heterocycles. The average Bonchev–Trinajstić information content (AvgIpc) is 2.91. The molecular formula is C9H6Cl3NO2S. The molecule has 1 fully saturated rings. The fourth-order valence-corrected chi connectivity index (χ4v) is 3.86. The summed E-state index contributed by atoms with van der Waals surface area (Å²) in [6.07, 6.45) is 0.960. The fourth-order valence-electron chi connectivity index (χ4n) is 1.77. The molecule has 0 aliphatic heterocycles. The summed E-state index contributed by atoms with van der Waals surface area (Å²) in [6, 6.07) is 0. The van der Waals surface area contributed by atoms with Gasteiger partial charge in [-0.25, -0.2) is 0 Å². The van der Waals surface area contributed by atoms with E-state index in [0.29, 0.717) is 13.7 Å². The summed E-state index contributed by atoms with van der Waals surface area (Å²) in [5.74, 6) is -0.374. The Morgan fingerprint density at radius 2 is 2.06 bits per heavy atom. The lowest BCUT2D eigenvalue weighted by Crippen LogP contribution is -1.94. The van der Waals surface area contributed by atoms with Gasteiger partial charge in [0.2, 0.25) is 0 Å². The summed E-state index contributed by atoms with van der Waals surface area (Å²) in [7, 11) is 0. The van der Waals surface area contributed by atoms with Crippen LogP contribution in [-0.4, -0.2) is 5.91 Å². The first-order chi connectivity index (χ1) is 7.54. The van der Waals surface area contributed by atoms with Crippen molar-refractivity contribution in [2.45, 2.75) is 18.8 Å². The van der Waals surface area contributed by atoms with Gasteiger partial charge in [-0.2, -0.15) is 0 Å². The largest absolute Gasteiger partial charge is 0.286 e. The Hall–Kier alpha value is -0.160. The first kappa shape index (κ1) is 12.3. The van der Waals surface area contributed by atoms with Gasteiger partial charge in [-0.05, 0) is 18.3 Å². The number of nitrogens with zero attached hydrogens (tertiary/aromatic N) is 1. The Balaban J connectivity index is 2.11. The maximum absolute atomic E-state index is 10.8. The first-order valence-corrected chi connectivity index (χ1v) is 6.49. The van der Waals surface area contributed by atoms with E-state index in [1.807, 2.05) is 0 Å². The number of halogens is 3. The van der Waals surface area contributed by atoms with E-state index < -0.39 is 5.91 Å². The zero-order valence-corrected chi connectivity index (χ0v) is 11.0. The van der Waals surface area contributed by atoms with Crippen LogP contribution in [0.15, 0.2) is 5.18 Å². The van der Waals surface area contributed by atoms with E-state index in [-0.39, 0.29) is 18.3 Å². The molecule has 2 unspecified atom stereocenters. The van der Waals surface area contributed by atoms with Crippen molar-refractivity contribution in [3.63, 3.8) is 0 Å². The van der Waals surface area contributed by atoms with Crippen molar-refractivity contribution in [2.24, 2.45) is 11.1 Å². The standard InChI is InChI=1S/C9H6Cl3NO2S/c10-7-6(8(11)16-9(7)12)4-1-3(4)2-5(14)13-15/h3-4H,1-2H2. The third-order valence-corrected chi connectivity index (χ3v) is 4.87. The molecule has 0 N–H and O–H groups in total. The van der Waals surface area contributed by atoms with Crippen LogP contribution in [0.3, 0.4) is 0 Å². The molecule has 16 heavy (non-hydrogen) atoms. The Morgan fingerprint density at radius 1 is 1.38 bits per heavy atom. The number of rotatable bonds is 3. The average molecular weight is 299 g/mol. The highest BCUT2D eigenvalue weighted by molar-refractivity contribution is 7.20. The highest BCUT2D eigenvalue weighted by Gasteiger charge is 2.43. The van der Waals surface area contributed by atoms with Crippen LogP contribution < -0.4 is 0 Å². The molecule has 7 heteroatoms. The second-order valence-electron chi connectivity index (χ2n) is 3.67. The van der Waals surface area contributed by atoms with Crippen molar-refractivity contribution in [3.8, 4) is 0 Å². The lowest BCUT2D eigenvalue weighted by Gasteiger charge is -1.97. The van der Waals surface area contributed by atoms with Crippen molar-refractivity contribution in [2.75, 3.05) is 0 Å². The van der Waals surface area contributed by atoms with Crippen LogP contribution in [0.25, 0.3) is 0 Å². The number of hydrogen-bond donors (Lipinski definition) is 0. The monoisotopic (exact) mass is 297 g/mol. The minimum Gasteiger partial charge on any atom is -0.269 e. The number of hydrogen-bond acceptors (Lipinski definition) is 3. The second kappa shape index (κ2) is 4.61. The molecule has 1 aromatic heterocycles. The highest BCUT2D eigenvalue weighted by Crippen LogP contribution is 2.57. The van der Waals surface area contributed by atoms with Crippen LogP contribution in [0, 0.1) is 10.8 Å². The zero-order chi connectivity index (χ0) is 11.9. The minimum absolute atomic E-state index is 0.117. The molecule has 1 aromatic rings. The van der Waals surface area contributed by atoms with Gasteiger partial charge in [0.1, 0.15) is 4.34 Å². The number of amides is 1. The summed E-state index contributed by atoms with van der Waals surface area (Å²) >= 11 is 19.1. The summed E-state index contributed by atoms with van der Waals surface area (Å²) in [5, 5.41) is 2.84. The topological polar surface area (TPSA) is 46.5 Å². The Bertz CT molecular complexity index is 460. The van der Waals surface area contributed by atoms with Gasteiger partial charge in [0.15, 0.2) is 0 Å². The van der Waals surface area contributed by atoms with E-state index in [1.54, 1.807) is 0 Å². The predicted molar refractivity (Wildman–Crippen MR) is 65.6 cm³/mol. The van der Waals surface area contributed by atoms with Gasteiger partial charge < -0.3 is 0 Å². The molecule has 0 spiro atoms. The summed E-state index contributed by atoms with van der Waals surface area (Å²) < 4.78 is 1.03. The lowest BCUT2D eigenvalue weighted by molar-refractivity contribution is -0.118. The quantitative estimate of drug-likeness (QED) is 0.772. The zero-order valence-electron chi connectivity index (χ0n) is 7.87. The maximum Gasteiger partial charge on any atom is 0.286 e. The molecule has 1 aliphatic carbocycles. The van der Waals surface area contributed by atoms with Crippen LogP contribution in [0.2, 0.25) is 13.7 Å². The van der Waals surface area contributed by atoms with Gasteiger partial charge >= 0.3 is 0 Å². The Morgan fingerprint density at radius 3 is 2.56 bits per heavy atom. The lowest BCUT2D eigenvalue weighted by atomic mass is 10.1. The van der Waals surface area contributed by atoms with Gasteiger partial charge in [-0.1, -0.05) is 34.8 Å². The van der Waals surface area contributed by atoms with E-state index in [2.05, 4.69) is 5.18 Å². The van der Waals surface area contributed by atoms with E-state index in [1.165, 1.54) is 11.3 Å². The molecule has 0 bridgehead atoms. The number of carbonyl (C=O) groups is 1. The molecule has 1 saturated carbocycles. The van der Waals surface area contributed by atoms with Crippen LogP contribution in [-0.2, 0) is 4.79 Å². The van der Waals surface area contributed by atoms with Gasteiger partial charge in [0, 0.05) is 17.2 Å². The van der Waals surface area contributed by atoms with Gasteiger partial charge in [0.05, 0.1) is 9.36 Å². The van der Waals surface area contributed by atoms with Crippen molar-refractivity contribution in [1.82, 2.24) is 0 Å². The van der Waals surface area contributed by atoms with E-state index in [4.69, 9.17) is 34.8 Å². The number of carbonyl (C=O) groups excluding carboxylic acids is 1. The summed E-state index contributed by atoms with van der Waals surface area (Å²) in [6.45, 7) is 0. The predicted octanol–water partition coefficient (Wildman–Crippen LogP) is 4.49. The van der Waals surface area contributed by atoms with Crippen molar-refractivity contribution < 1.29 is 4.79 Å². The smallest absolute Gasteiger partial charge is 0.269 e. The Labute approximate surface area is 111 Å². The summed E-state index contributed by atoms with van der Waals surface area (Å²) in [5.41, 5.74) is 0.807. The van der Waals surface area contributed by atoms with Gasteiger partial charge in [-0.3, -0.25) is 4.79 Å². The minimum atomic E-state index is -0.624. The molecule has 0 aromatic carbocycles. The SMILES string of the molecule is O=NC(=O)CC1CC1c1c(Cl)sc(Cl)c1Cl. The number of thiophene rings is 1. The third kappa shape index (κ3) is 2.25. The van der Waals surface area contributed by atoms with Crippen LogP contribution in [0.4, 0.5) is 0 Å². The molecule has 1 amide bonds. The third-order valence-electron chi connectivity index (χ3n) is 2.63. The highest BCUT2D eigenvalue weighted by atomic mass is 35.5. The Kier molecular flexibility index (Phi) is 3.54. The summed E-state index contributed by atoms with van der Waals surface area (Å²) in [4.78, 5) is 20.8. The molecule has 1 aliphatic rings. The van der Waals surface area contributed by atoms with E-state index in [9.17, 15) is 9.70 Å². The maximum atomic E-state index is 10.8. The van der Waals surface area contributed by atoms with Crippen molar-refractivity contribution in [3.05, 3.63) is 24.2 Å². The fraction of sp³-hybridized carbons (Fsp3) is 0.444.